The first kappa shape index (κ1) is 29.6. The van der Waals surface area contributed by atoms with Crippen molar-refractivity contribution in [2.75, 3.05) is 41.7 Å². The zero-order chi connectivity index (χ0) is 29.4. The Bertz CT molecular complexity index is 1360. The fourth-order valence-electron chi connectivity index (χ4n) is 4.73. The van der Waals surface area contributed by atoms with Crippen LogP contribution in [0.3, 0.4) is 0 Å². The quantitative estimate of drug-likeness (QED) is 0.326. The van der Waals surface area contributed by atoms with Crippen LogP contribution >= 0.6 is 0 Å². The first-order chi connectivity index (χ1) is 19.7. The first-order valence-electron chi connectivity index (χ1n) is 14.0. The maximum Gasteiger partial charge on any atom is 0.321 e. The molecule has 3 aromatic rings. The molecule has 4 amide bonds. The van der Waals surface area contributed by atoms with Crippen molar-refractivity contribution in [1.29, 1.82) is 0 Å². The van der Waals surface area contributed by atoms with Gasteiger partial charge >= 0.3 is 6.03 Å². The summed E-state index contributed by atoms with van der Waals surface area (Å²) in [6.07, 6.45) is 1.10. The van der Waals surface area contributed by atoms with E-state index >= 15 is 0 Å². The molecule has 1 saturated heterocycles. The summed E-state index contributed by atoms with van der Waals surface area (Å²) < 4.78 is 13.3. The highest BCUT2D eigenvalue weighted by Gasteiger charge is 2.23. The summed E-state index contributed by atoms with van der Waals surface area (Å²) in [6.45, 7) is 8.45. The number of urea groups is 1. The van der Waals surface area contributed by atoms with E-state index in [2.05, 4.69) is 20.9 Å². The smallest absolute Gasteiger partial charge is 0.321 e. The van der Waals surface area contributed by atoms with E-state index in [9.17, 15) is 18.8 Å². The maximum absolute atomic E-state index is 13.5. The van der Waals surface area contributed by atoms with Crippen molar-refractivity contribution in [3.8, 4) is 0 Å². The average Bonchev–Trinajstić information content (AvgIpc) is 3.20. The van der Waals surface area contributed by atoms with Crippen LogP contribution < -0.4 is 20.9 Å². The van der Waals surface area contributed by atoms with Gasteiger partial charge in [0.15, 0.2) is 0 Å². The van der Waals surface area contributed by atoms with E-state index in [1.165, 1.54) is 12.1 Å². The van der Waals surface area contributed by atoms with Crippen LogP contribution in [0.5, 0.6) is 0 Å². The van der Waals surface area contributed by atoms with Crippen molar-refractivity contribution in [1.82, 2.24) is 10.2 Å². The first-order valence-corrected chi connectivity index (χ1v) is 14.0. The molecule has 1 heterocycles. The lowest BCUT2D eigenvalue weighted by atomic mass is 10.1. The van der Waals surface area contributed by atoms with Gasteiger partial charge in [-0.3, -0.25) is 9.59 Å². The Morgan fingerprint density at radius 2 is 1.56 bits per heavy atom. The lowest BCUT2D eigenvalue weighted by molar-refractivity contribution is -0.116. The number of benzene rings is 3. The van der Waals surface area contributed by atoms with Gasteiger partial charge in [0.1, 0.15) is 5.82 Å². The predicted molar refractivity (Wildman–Crippen MR) is 161 cm³/mol. The molecule has 0 unspecified atom stereocenters. The molecule has 8 nitrogen and oxygen atoms in total. The van der Waals surface area contributed by atoms with Gasteiger partial charge in [0.05, 0.1) is 5.56 Å². The topological polar surface area (TPSA) is 93.8 Å². The van der Waals surface area contributed by atoms with Crippen LogP contribution in [0.4, 0.5) is 26.2 Å². The number of aryl methyl sites for hydroxylation is 1. The second-order valence-corrected chi connectivity index (χ2v) is 10.8. The number of carbonyl (C=O) groups excluding carboxylic acids is 3. The van der Waals surface area contributed by atoms with Crippen molar-refractivity contribution >= 4 is 34.9 Å². The maximum atomic E-state index is 13.5. The standard InChI is InChI=1S/C32H38FN5O3/c1-22(2)19-30(39)35-27-13-14-29(28(20-27)31(40)34-21-24-7-9-25(33)10-8-24)37-15-4-16-38(18-17-37)32(41)36-26-11-5-23(3)6-12-26/h5-14,20,22H,4,15-19,21H2,1-3H3,(H,34,40)(H,35,39)(H,36,41). The lowest BCUT2D eigenvalue weighted by Crippen LogP contribution is -2.38. The van der Waals surface area contributed by atoms with Crippen LogP contribution in [0, 0.1) is 18.7 Å². The van der Waals surface area contributed by atoms with E-state index < -0.39 is 0 Å². The largest absolute Gasteiger partial charge is 0.369 e. The number of anilines is 3. The monoisotopic (exact) mass is 559 g/mol. The van der Waals surface area contributed by atoms with Crippen molar-refractivity contribution in [2.24, 2.45) is 5.92 Å². The Kier molecular flexibility index (Phi) is 9.95. The Hall–Kier alpha value is -4.40. The molecule has 1 aliphatic heterocycles. The lowest BCUT2D eigenvalue weighted by Gasteiger charge is -2.26. The number of nitrogens with one attached hydrogen (secondary N) is 3. The van der Waals surface area contributed by atoms with Gasteiger partial charge in [0, 0.05) is 56.2 Å². The second-order valence-electron chi connectivity index (χ2n) is 10.8. The van der Waals surface area contributed by atoms with Crippen LogP contribution in [0.1, 0.15) is 48.2 Å². The molecule has 3 aromatic carbocycles. The molecule has 3 N–H and O–H groups in total. The minimum absolute atomic E-state index is 0.115. The Morgan fingerprint density at radius 1 is 0.854 bits per heavy atom. The van der Waals surface area contributed by atoms with E-state index in [1.807, 2.05) is 51.1 Å². The summed E-state index contributed by atoms with van der Waals surface area (Å²) in [7, 11) is 0. The predicted octanol–water partition coefficient (Wildman–Crippen LogP) is 5.79. The van der Waals surface area contributed by atoms with Gasteiger partial charge in [-0.1, -0.05) is 43.7 Å². The Balaban J connectivity index is 1.49. The fourth-order valence-corrected chi connectivity index (χ4v) is 4.73. The van der Waals surface area contributed by atoms with E-state index in [-0.39, 0.29) is 36.1 Å². The Morgan fingerprint density at radius 3 is 2.27 bits per heavy atom. The zero-order valence-corrected chi connectivity index (χ0v) is 23.9. The number of carbonyl (C=O) groups is 3. The van der Waals surface area contributed by atoms with E-state index in [0.29, 0.717) is 43.9 Å². The summed E-state index contributed by atoms with van der Waals surface area (Å²) in [6, 6.07) is 18.8. The highest BCUT2D eigenvalue weighted by molar-refractivity contribution is 6.02. The third kappa shape index (κ3) is 8.54. The SMILES string of the molecule is Cc1ccc(NC(=O)N2CCCN(c3ccc(NC(=O)CC(C)C)cc3C(=O)NCc3ccc(F)cc3)CC2)cc1. The minimum atomic E-state index is -0.338. The van der Waals surface area contributed by atoms with Gasteiger partial charge in [0.25, 0.3) is 5.91 Å². The van der Waals surface area contributed by atoms with Crippen molar-refractivity contribution in [3.05, 3.63) is 89.2 Å². The van der Waals surface area contributed by atoms with Gasteiger partial charge in [-0.05, 0) is 67.3 Å². The van der Waals surface area contributed by atoms with E-state index in [1.54, 1.807) is 29.2 Å². The van der Waals surface area contributed by atoms with Gasteiger partial charge in [-0.2, -0.15) is 0 Å². The molecular formula is C32H38FN5O3. The highest BCUT2D eigenvalue weighted by Crippen LogP contribution is 2.26. The molecule has 0 bridgehead atoms. The molecule has 4 rings (SSSR count). The van der Waals surface area contributed by atoms with Crippen LogP contribution in [-0.4, -0.2) is 48.9 Å². The number of hydrogen-bond acceptors (Lipinski definition) is 4. The molecule has 0 spiro atoms. The Labute approximate surface area is 240 Å². The number of rotatable bonds is 8. The number of hydrogen-bond donors (Lipinski definition) is 3. The van der Waals surface area contributed by atoms with Crippen LogP contribution in [0.15, 0.2) is 66.7 Å². The average molecular weight is 560 g/mol. The van der Waals surface area contributed by atoms with Gasteiger partial charge < -0.3 is 25.8 Å². The highest BCUT2D eigenvalue weighted by atomic mass is 19.1. The van der Waals surface area contributed by atoms with Gasteiger partial charge in [-0.15, -0.1) is 0 Å². The molecule has 0 aromatic heterocycles. The molecule has 1 fully saturated rings. The molecule has 0 atom stereocenters. The van der Waals surface area contributed by atoms with Gasteiger partial charge in [0.2, 0.25) is 5.91 Å². The van der Waals surface area contributed by atoms with Crippen molar-refractivity contribution in [2.45, 2.75) is 40.2 Å². The summed E-state index contributed by atoms with van der Waals surface area (Å²) >= 11 is 0. The molecule has 0 aliphatic carbocycles. The summed E-state index contributed by atoms with van der Waals surface area (Å²) in [5.74, 6) is -0.552. The molecule has 41 heavy (non-hydrogen) atoms. The van der Waals surface area contributed by atoms with Crippen molar-refractivity contribution < 1.29 is 18.8 Å². The summed E-state index contributed by atoms with van der Waals surface area (Å²) in [5.41, 5.74) is 4.33. The van der Waals surface area contributed by atoms with E-state index in [4.69, 9.17) is 0 Å². The van der Waals surface area contributed by atoms with Gasteiger partial charge in [-0.25, -0.2) is 9.18 Å². The molecule has 9 heteroatoms. The van der Waals surface area contributed by atoms with Crippen molar-refractivity contribution in [3.63, 3.8) is 0 Å². The molecular weight excluding hydrogens is 521 g/mol. The molecule has 0 radical (unpaired) electrons. The fraction of sp³-hybridized carbons (Fsp3) is 0.344. The van der Waals surface area contributed by atoms with Crippen LogP contribution in [0.2, 0.25) is 0 Å². The summed E-state index contributed by atoms with van der Waals surface area (Å²) in [4.78, 5) is 42.7. The summed E-state index contributed by atoms with van der Waals surface area (Å²) in [5, 5.41) is 8.79. The third-order valence-corrected chi connectivity index (χ3v) is 6.91. The minimum Gasteiger partial charge on any atom is -0.369 e. The number of amides is 4. The third-order valence-electron chi connectivity index (χ3n) is 6.91. The zero-order valence-electron chi connectivity index (χ0n) is 23.9. The number of nitrogens with zero attached hydrogens (tertiary/aromatic N) is 2. The van der Waals surface area contributed by atoms with Crippen LogP contribution in [-0.2, 0) is 11.3 Å². The second kappa shape index (κ2) is 13.8. The molecule has 0 saturated carbocycles. The normalized spacial score (nSPS) is 13.5. The molecule has 1 aliphatic rings. The van der Waals surface area contributed by atoms with E-state index in [0.717, 1.165) is 28.9 Å². The number of halogens is 1. The van der Waals surface area contributed by atoms with Crippen LogP contribution in [0.25, 0.3) is 0 Å². The molecule has 216 valence electrons.